The summed E-state index contributed by atoms with van der Waals surface area (Å²) in [4.78, 5) is 39.0. The summed E-state index contributed by atoms with van der Waals surface area (Å²) in [6, 6.07) is 0. The zero-order valence-electron chi connectivity index (χ0n) is 61.0. The zero-order chi connectivity index (χ0) is 64.8. The van der Waals surface area contributed by atoms with Crippen molar-refractivity contribution in [1.29, 1.82) is 0 Å². The number of phosphoric ester groups is 1. The van der Waals surface area contributed by atoms with E-state index in [2.05, 4.69) is 6.92 Å². The molecule has 0 saturated heterocycles. The molecule has 0 bridgehead atoms. The van der Waals surface area contributed by atoms with Gasteiger partial charge in [-0.25, -0.2) is 0 Å². The molecule has 0 radical (unpaired) electrons. The number of carbonyl (C=O) groups excluding carboxylic acids is 2. The third-order valence-corrected chi connectivity index (χ3v) is 7.49. The van der Waals surface area contributed by atoms with Gasteiger partial charge >= 0.3 is 11.9 Å². The Morgan fingerprint density at radius 1 is 0.680 bits per heavy atom. The van der Waals surface area contributed by atoms with E-state index >= 15 is 0 Å². The molecule has 0 aromatic heterocycles. The van der Waals surface area contributed by atoms with Crippen LogP contribution < -0.4 is 4.89 Å². The number of quaternary nitrogens is 1. The molecule has 1 unspecified atom stereocenters. The third-order valence-electron chi connectivity index (χ3n) is 6.53. The Morgan fingerprint density at radius 3 is 1.66 bits per heavy atom. The molecule has 298 valence electrons. The second-order valence-electron chi connectivity index (χ2n) is 12.0. The van der Waals surface area contributed by atoms with E-state index in [0.29, 0.717) is 6.42 Å². The molecule has 0 aliphatic carbocycles. The first-order valence-electron chi connectivity index (χ1n) is 32.4. The molecule has 0 aliphatic heterocycles. The molecule has 9 nitrogen and oxygen atoms in total. The normalized spacial score (nSPS) is 27.1. The lowest BCUT2D eigenvalue weighted by Crippen LogP contribution is -2.37. The van der Waals surface area contributed by atoms with Crippen LogP contribution in [-0.4, -0.2) is 70.0 Å². The quantitative estimate of drug-likeness (QED) is 0.0264. The maximum Gasteiger partial charge on any atom is 0.306 e. The van der Waals surface area contributed by atoms with Crippen molar-refractivity contribution in [2.45, 2.75) is 199 Å². The van der Waals surface area contributed by atoms with Crippen molar-refractivity contribution < 1.29 is 84.5 Å². The second-order valence-corrected chi connectivity index (χ2v) is 13.5. The molecular formula is C40H80NO8P. The molecule has 0 amide bonds. The van der Waals surface area contributed by atoms with Crippen molar-refractivity contribution in [3.8, 4) is 0 Å². The van der Waals surface area contributed by atoms with Crippen LogP contribution in [0.25, 0.3) is 0 Å². The summed E-state index contributed by atoms with van der Waals surface area (Å²) < 4.78 is 287. The van der Waals surface area contributed by atoms with Crippen molar-refractivity contribution in [3.05, 3.63) is 0 Å². The molecule has 50 heavy (non-hydrogen) atoms. The fourth-order valence-corrected chi connectivity index (χ4v) is 4.65. The fraction of sp³-hybridized carbons (Fsp3) is 0.950. The Kier molecular flexibility index (Phi) is 12.2. The number of unbranched alkanes of at least 4 members (excludes halogenated alkanes) is 12. The Morgan fingerprint density at radius 2 is 1.16 bits per heavy atom. The maximum absolute atomic E-state index is 13.4. The molecule has 0 aromatic carbocycles. The number of ether oxygens (including phenoxy) is 2. The molecule has 0 saturated carbocycles. The Hall–Kier alpha value is -0.990. The number of carbonyl (C=O) groups is 2. The van der Waals surface area contributed by atoms with E-state index in [0.717, 1.165) is 44.9 Å². The third kappa shape index (κ3) is 36.8. The van der Waals surface area contributed by atoms with E-state index in [4.69, 9.17) is 61.0 Å². The number of hydrogen-bond acceptors (Lipinski definition) is 8. The smallest absolute Gasteiger partial charge is 0.306 e. The van der Waals surface area contributed by atoms with Gasteiger partial charge in [-0.1, -0.05) is 167 Å². The first-order valence-corrected chi connectivity index (χ1v) is 18.4. The maximum atomic E-state index is 13.4. The predicted octanol–water partition coefficient (Wildman–Crippen LogP) is 10.6. The average molecular weight is 765 g/mol. The minimum atomic E-state index is -5.24. The standard InChI is InChI=1S/C40H80NO8P/c1-6-8-10-12-14-16-18-20-22-24-26-28-30-32-39(42)46-36-38(37-48-50(44,45)47-35-34-41(3,4)5)49-40(43)33-31-29-27-25-23-21-19-17-15-13-11-9-7-2/h38H,6-37H2,1-5H3/t38-/m1/s1/i1D3,6D2,8D2,10D2,12D2,14D2,16D2,18D2,20D2,22D2,24D2,26D2,28D2,30D2,32D2. The molecule has 0 N–H and O–H groups in total. The van der Waals surface area contributed by atoms with Gasteiger partial charge in [0.25, 0.3) is 7.82 Å². The van der Waals surface area contributed by atoms with E-state index in [1.54, 1.807) is 21.1 Å². The highest BCUT2D eigenvalue weighted by atomic mass is 31.2. The average Bonchev–Trinajstić information content (AvgIpc) is 3.29. The lowest BCUT2D eigenvalue weighted by atomic mass is 10.0. The number of esters is 2. The van der Waals surface area contributed by atoms with Crippen LogP contribution >= 0.6 is 7.82 Å². The van der Waals surface area contributed by atoms with Gasteiger partial charge in [-0.15, -0.1) is 0 Å². The van der Waals surface area contributed by atoms with E-state index < -0.39 is 142 Å². The highest BCUT2D eigenvalue weighted by molar-refractivity contribution is 7.45. The van der Waals surface area contributed by atoms with Gasteiger partial charge < -0.3 is 27.9 Å². The SMILES string of the molecule is [2H]C([2H])([2H])C([2H])([2H])C([2H])([2H])C([2H])([2H])C([2H])([2H])C([2H])([2H])C([2H])([2H])C([2H])([2H])C([2H])([2H])C([2H])([2H])C([2H])([2H])C([2H])([2H])C([2H])([2H])C([2H])([2H])C([2H])([2H])C(=O)OC[C@H](COP(=O)([O-])OCC[N+](C)(C)C)OC(=O)CCCCCCCCCCCCCCC. The van der Waals surface area contributed by atoms with Gasteiger partial charge in [0.1, 0.15) is 19.8 Å². The van der Waals surface area contributed by atoms with Crippen LogP contribution in [-0.2, 0) is 32.7 Å². The van der Waals surface area contributed by atoms with E-state index in [-0.39, 0.29) is 23.9 Å². The predicted molar refractivity (Wildman–Crippen MR) is 204 cm³/mol. The van der Waals surface area contributed by atoms with E-state index in [1.807, 2.05) is 0 Å². The first-order chi connectivity index (χ1) is 35.7. The van der Waals surface area contributed by atoms with Crippen LogP contribution in [0.15, 0.2) is 0 Å². The Balaban J connectivity index is 6.91. The molecule has 0 heterocycles. The lowest BCUT2D eigenvalue weighted by molar-refractivity contribution is -0.870. The highest BCUT2D eigenvalue weighted by Crippen LogP contribution is 2.38. The summed E-state index contributed by atoms with van der Waals surface area (Å²) in [5.41, 5.74) is 0. The van der Waals surface area contributed by atoms with Crippen LogP contribution in [0.4, 0.5) is 0 Å². The van der Waals surface area contributed by atoms with E-state index in [1.165, 1.54) is 25.7 Å². The highest BCUT2D eigenvalue weighted by Gasteiger charge is 2.21. The van der Waals surface area contributed by atoms with Crippen LogP contribution in [0.3, 0.4) is 0 Å². The number of hydrogen-bond donors (Lipinski definition) is 0. The van der Waals surface area contributed by atoms with Gasteiger partial charge in [-0.05, 0) is 12.8 Å². The summed E-state index contributed by atoms with van der Waals surface area (Å²) in [6.45, 7) is -4.85. The molecule has 2 atom stereocenters. The number of likely N-dealkylation sites (N-methyl/N-ethyl adjacent to an activating group) is 1. The van der Waals surface area contributed by atoms with Gasteiger partial charge in [-0.3, -0.25) is 14.2 Å². The first kappa shape index (κ1) is 18.1. The Bertz CT molecular complexity index is 2080. The summed E-state index contributed by atoms with van der Waals surface area (Å²) in [6.07, 6.45) is -59.5. The van der Waals surface area contributed by atoms with Crippen LogP contribution in [0.2, 0.25) is 0 Å². The summed E-state index contributed by atoms with van der Waals surface area (Å²) >= 11 is 0. The van der Waals surface area contributed by atoms with Crippen molar-refractivity contribution >= 4 is 19.8 Å². The summed E-state index contributed by atoms with van der Waals surface area (Å²) in [7, 11) is -0.113. The van der Waals surface area contributed by atoms with E-state index in [9.17, 15) is 19.0 Å². The molecular weight excluding hydrogens is 653 g/mol. The topological polar surface area (TPSA) is 111 Å². The van der Waals surface area contributed by atoms with Gasteiger partial charge in [0.15, 0.2) is 6.10 Å². The van der Waals surface area contributed by atoms with Crippen molar-refractivity contribution in [3.63, 3.8) is 0 Å². The number of nitrogens with zero attached hydrogens (tertiary/aromatic N) is 1. The van der Waals surface area contributed by atoms with Crippen molar-refractivity contribution in [1.82, 2.24) is 0 Å². The van der Waals surface area contributed by atoms with Gasteiger partial charge in [0.05, 0.1) is 27.7 Å². The fourth-order valence-electron chi connectivity index (χ4n) is 3.92. The van der Waals surface area contributed by atoms with Crippen LogP contribution in [0, 0.1) is 0 Å². The molecule has 0 aliphatic rings. The van der Waals surface area contributed by atoms with Crippen molar-refractivity contribution in [2.75, 3.05) is 47.5 Å². The minimum absolute atomic E-state index is 0.142. The van der Waals surface area contributed by atoms with Gasteiger partial charge in [0, 0.05) is 55.3 Å². The monoisotopic (exact) mass is 765 g/mol. The summed E-state index contributed by atoms with van der Waals surface area (Å²) in [5.74, 6) is -3.51. The lowest BCUT2D eigenvalue weighted by Gasteiger charge is -2.28. The Labute approximate surface area is 352 Å². The van der Waals surface area contributed by atoms with Gasteiger partial charge in [-0.2, -0.15) is 0 Å². The largest absolute Gasteiger partial charge is 0.756 e. The molecule has 0 aromatic rings. The zero-order valence-corrected chi connectivity index (χ0v) is 30.9. The molecule has 0 fully saturated rings. The molecule has 10 heteroatoms. The summed E-state index contributed by atoms with van der Waals surface area (Å²) in [5, 5.41) is 0. The molecule has 0 rings (SSSR count). The second kappa shape index (κ2) is 33.8. The van der Waals surface area contributed by atoms with Crippen LogP contribution in [0.1, 0.15) is 235 Å². The number of phosphoric acid groups is 1. The van der Waals surface area contributed by atoms with Crippen LogP contribution in [0.5, 0.6) is 0 Å². The van der Waals surface area contributed by atoms with Crippen molar-refractivity contribution in [2.24, 2.45) is 0 Å². The molecule has 0 spiro atoms. The van der Waals surface area contributed by atoms with Gasteiger partial charge in [0.2, 0.25) is 0 Å². The minimum Gasteiger partial charge on any atom is -0.756 e. The number of rotatable bonds is 38.